The monoisotopic (exact) mass is 502 g/mol. The molecular formula is C30H34N2O5. The quantitative estimate of drug-likeness (QED) is 0.269. The fourth-order valence-electron chi connectivity index (χ4n) is 4.87. The number of carboxylic acid groups (broad SMARTS) is 1. The minimum atomic E-state index is -0.930. The average Bonchev–Trinajstić information content (AvgIpc) is 3.19. The molecule has 3 aromatic carbocycles. The van der Waals surface area contributed by atoms with Gasteiger partial charge < -0.3 is 29.2 Å². The largest absolute Gasteiger partial charge is 0.493 e. The molecule has 0 aliphatic carbocycles. The highest BCUT2D eigenvalue weighted by atomic mass is 16.5. The van der Waals surface area contributed by atoms with Gasteiger partial charge in [0, 0.05) is 29.6 Å². The van der Waals surface area contributed by atoms with Crippen LogP contribution in [0.2, 0.25) is 0 Å². The standard InChI is InChI=1S/C30H34N2O5/c1-19-10-12-23-24(17-31-15-14-21-11-13-26(35-3)29(37-5)28(21)36-4)27(30(33)34)32(25(23)16-19)18-22-9-7-6-8-20(22)2/h6-13,16,31H,14-15,17-18H2,1-5H3,(H,33,34). The fraction of sp³-hybridized carbons (Fsp3) is 0.300. The minimum absolute atomic E-state index is 0.319. The number of aryl methyl sites for hydroxylation is 2. The summed E-state index contributed by atoms with van der Waals surface area (Å²) >= 11 is 0. The van der Waals surface area contributed by atoms with Crippen LogP contribution in [0.25, 0.3) is 10.9 Å². The van der Waals surface area contributed by atoms with Crippen LogP contribution in [0.3, 0.4) is 0 Å². The Morgan fingerprint density at radius 1 is 0.919 bits per heavy atom. The Balaban J connectivity index is 1.62. The first-order chi connectivity index (χ1) is 17.9. The number of nitrogens with one attached hydrogen (secondary N) is 1. The minimum Gasteiger partial charge on any atom is -0.493 e. The first kappa shape index (κ1) is 26.1. The molecule has 0 aliphatic rings. The van der Waals surface area contributed by atoms with Crippen LogP contribution >= 0.6 is 0 Å². The number of nitrogens with zero attached hydrogens (tertiary/aromatic N) is 1. The van der Waals surface area contributed by atoms with E-state index in [0.29, 0.717) is 49.0 Å². The van der Waals surface area contributed by atoms with Crippen molar-refractivity contribution in [3.63, 3.8) is 0 Å². The van der Waals surface area contributed by atoms with E-state index >= 15 is 0 Å². The van der Waals surface area contributed by atoms with E-state index in [4.69, 9.17) is 14.2 Å². The summed E-state index contributed by atoms with van der Waals surface area (Å²) in [5.74, 6) is 0.880. The van der Waals surface area contributed by atoms with Gasteiger partial charge >= 0.3 is 5.97 Å². The molecule has 4 aromatic rings. The van der Waals surface area contributed by atoms with E-state index in [0.717, 1.165) is 38.7 Å². The predicted octanol–water partition coefficient (Wildman–Crippen LogP) is 5.36. The maximum atomic E-state index is 12.6. The van der Waals surface area contributed by atoms with Gasteiger partial charge in [0.2, 0.25) is 5.75 Å². The van der Waals surface area contributed by atoms with Gasteiger partial charge in [0.05, 0.1) is 21.3 Å². The van der Waals surface area contributed by atoms with Crippen molar-refractivity contribution in [3.8, 4) is 17.2 Å². The number of hydrogen-bond donors (Lipinski definition) is 2. The van der Waals surface area contributed by atoms with E-state index in [-0.39, 0.29) is 0 Å². The summed E-state index contributed by atoms with van der Waals surface area (Å²) in [4.78, 5) is 12.6. The maximum absolute atomic E-state index is 12.6. The van der Waals surface area contributed by atoms with Crippen LogP contribution < -0.4 is 19.5 Å². The summed E-state index contributed by atoms with van der Waals surface area (Å²) < 4.78 is 18.4. The Morgan fingerprint density at radius 3 is 2.35 bits per heavy atom. The third kappa shape index (κ3) is 5.27. The molecule has 4 rings (SSSR count). The Labute approximate surface area is 217 Å². The molecule has 2 N–H and O–H groups in total. The highest BCUT2D eigenvalue weighted by Crippen LogP contribution is 2.39. The lowest BCUT2D eigenvalue weighted by atomic mass is 10.1. The molecule has 0 amide bonds. The molecule has 37 heavy (non-hydrogen) atoms. The Kier molecular flexibility index (Phi) is 8.04. The van der Waals surface area contributed by atoms with Gasteiger partial charge in [0.25, 0.3) is 0 Å². The Morgan fingerprint density at radius 2 is 1.68 bits per heavy atom. The normalized spacial score (nSPS) is 11.1. The van der Waals surface area contributed by atoms with Crippen LogP contribution in [0.15, 0.2) is 54.6 Å². The Hall–Kier alpha value is -3.97. The van der Waals surface area contributed by atoms with Gasteiger partial charge in [0.1, 0.15) is 5.69 Å². The SMILES string of the molecule is COc1ccc(CCNCc2c(C(=O)O)n(Cc3ccccc3C)c3cc(C)ccc23)c(OC)c1OC. The molecule has 1 heterocycles. The number of carbonyl (C=O) groups is 1. The van der Waals surface area contributed by atoms with E-state index in [1.807, 2.05) is 47.9 Å². The van der Waals surface area contributed by atoms with Crippen LogP contribution in [0.1, 0.15) is 38.3 Å². The smallest absolute Gasteiger partial charge is 0.352 e. The van der Waals surface area contributed by atoms with E-state index in [9.17, 15) is 9.90 Å². The Bertz CT molecular complexity index is 1420. The molecule has 1 aromatic heterocycles. The maximum Gasteiger partial charge on any atom is 0.352 e. The van der Waals surface area contributed by atoms with Crippen molar-refractivity contribution in [3.05, 3.63) is 88.1 Å². The molecule has 0 spiro atoms. The molecule has 0 radical (unpaired) electrons. The van der Waals surface area contributed by atoms with E-state index in [2.05, 4.69) is 30.4 Å². The van der Waals surface area contributed by atoms with Gasteiger partial charge in [0.15, 0.2) is 11.5 Å². The van der Waals surface area contributed by atoms with Gasteiger partial charge in [-0.1, -0.05) is 42.5 Å². The van der Waals surface area contributed by atoms with Crippen molar-refractivity contribution in [1.29, 1.82) is 0 Å². The lowest BCUT2D eigenvalue weighted by Gasteiger charge is -2.16. The van der Waals surface area contributed by atoms with Crippen molar-refractivity contribution < 1.29 is 24.1 Å². The summed E-state index contributed by atoms with van der Waals surface area (Å²) in [6.45, 7) is 5.63. The topological polar surface area (TPSA) is 82.0 Å². The van der Waals surface area contributed by atoms with Gasteiger partial charge in [-0.25, -0.2) is 4.79 Å². The zero-order chi connectivity index (χ0) is 26.5. The molecule has 194 valence electrons. The zero-order valence-corrected chi connectivity index (χ0v) is 22.1. The van der Waals surface area contributed by atoms with Crippen molar-refractivity contribution in [2.24, 2.45) is 0 Å². The van der Waals surface area contributed by atoms with Gasteiger partial charge in [-0.2, -0.15) is 0 Å². The zero-order valence-electron chi connectivity index (χ0n) is 22.1. The lowest BCUT2D eigenvalue weighted by Crippen LogP contribution is -2.20. The van der Waals surface area contributed by atoms with Crippen molar-refractivity contribution in [1.82, 2.24) is 9.88 Å². The number of aromatic carboxylic acids is 1. The van der Waals surface area contributed by atoms with Crippen molar-refractivity contribution in [2.75, 3.05) is 27.9 Å². The molecule has 0 saturated carbocycles. The molecule has 0 fully saturated rings. The molecule has 0 aliphatic heterocycles. The van der Waals surface area contributed by atoms with Gasteiger partial charge in [-0.05, 0) is 61.2 Å². The van der Waals surface area contributed by atoms with Crippen LogP contribution in [-0.4, -0.2) is 43.5 Å². The highest BCUT2D eigenvalue weighted by molar-refractivity contribution is 5.98. The number of fused-ring (bicyclic) bond motifs is 1. The average molecular weight is 503 g/mol. The van der Waals surface area contributed by atoms with Crippen LogP contribution in [0.4, 0.5) is 0 Å². The second kappa shape index (κ2) is 11.4. The number of aromatic nitrogens is 1. The first-order valence-corrected chi connectivity index (χ1v) is 12.3. The summed E-state index contributed by atoms with van der Waals surface area (Å²) in [5.41, 5.74) is 6.34. The number of carboxylic acids is 1. The first-order valence-electron chi connectivity index (χ1n) is 12.3. The summed E-state index contributed by atoms with van der Waals surface area (Å²) in [7, 11) is 4.79. The highest BCUT2D eigenvalue weighted by Gasteiger charge is 2.23. The molecule has 0 saturated heterocycles. The molecule has 7 heteroatoms. The summed E-state index contributed by atoms with van der Waals surface area (Å²) in [6, 6.07) is 18.0. The van der Waals surface area contributed by atoms with Crippen LogP contribution in [0, 0.1) is 13.8 Å². The van der Waals surface area contributed by atoms with E-state index in [1.165, 1.54) is 0 Å². The van der Waals surface area contributed by atoms with Crippen LogP contribution in [0.5, 0.6) is 17.2 Å². The van der Waals surface area contributed by atoms with Crippen LogP contribution in [-0.2, 0) is 19.5 Å². The number of methoxy groups -OCH3 is 3. The number of rotatable bonds is 11. The summed E-state index contributed by atoms with van der Waals surface area (Å²) in [6.07, 6.45) is 0.674. The second-order valence-corrected chi connectivity index (χ2v) is 9.09. The number of hydrogen-bond acceptors (Lipinski definition) is 5. The molecule has 7 nitrogen and oxygen atoms in total. The third-order valence-corrected chi connectivity index (χ3v) is 6.78. The molecular weight excluding hydrogens is 468 g/mol. The predicted molar refractivity (Wildman–Crippen MR) is 145 cm³/mol. The van der Waals surface area contributed by atoms with Crippen molar-refractivity contribution in [2.45, 2.75) is 33.4 Å². The molecule has 0 atom stereocenters. The summed E-state index contributed by atoms with van der Waals surface area (Å²) in [5, 5.41) is 14.7. The van der Waals surface area contributed by atoms with Gasteiger partial charge in [-0.3, -0.25) is 0 Å². The molecule has 0 bridgehead atoms. The molecule has 0 unspecified atom stereocenters. The van der Waals surface area contributed by atoms with Crippen molar-refractivity contribution >= 4 is 16.9 Å². The fourth-order valence-corrected chi connectivity index (χ4v) is 4.87. The number of ether oxygens (including phenoxy) is 3. The van der Waals surface area contributed by atoms with Gasteiger partial charge in [-0.15, -0.1) is 0 Å². The van der Waals surface area contributed by atoms with E-state index in [1.54, 1.807) is 21.3 Å². The second-order valence-electron chi connectivity index (χ2n) is 9.09. The lowest BCUT2D eigenvalue weighted by molar-refractivity contribution is 0.0684. The number of benzene rings is 3. The third-order valence-electron chi connectivity index (χ3n) is 6.78. The van der Waals surface area contributed by atoms with E-state index < -0.39 is 5.97 Å².